The molecule has 0 saturated carbocycles. The Morgan fingerprint density at radius 3 is 3.00 bits per heavy atom. The van der Waals surface area contributed by atoms with Gasteiger partial charge in [0.1, 0.15) is 29.3 Å². The van der Waals surface area contributed by atoms with E-state index in [4.69, 9.17) is 9.26 Å². The molecular weight excluding hydrogens is 328 g/mol. The van der Waals surface area contributed by atoms with Crippen molar-refractivity contribution in [3.8, 4) is 17.0 Å². The Bertz CT molecular complexity index is 966. The summed E-state index contributed by atoms with van der Waals surface area (Å²) in [5.74, 6) is 2.88. The number of aryl methyl sites for hydroxylation is 1. The number of anilines is 1. The maximum atomic E-state index is 5.64. The third-order valence-electron chi connectivity index (χ3n) is 5.32. The van der Waals surface area contributed by atoms with Crippen molar-refractivity contribution < 1.29 is 9.26 Å². The number of hydrogen-bond acceptors (Lipinski definition) is 6. The van der Waals surface area contributed by atoms with Crippen LogP contribution in [0.5, 0.6) is 5.75 Å². The number of aromatic nitrogens is 3. The molecule has 132 valence electrons. The van der Waals surface area contributed by atoms with Gasteiger partial charge in [-0.15, -0.1) is 0 Å². The summed E-state index contributed by atoms with van der Waals surface area (Å²) in [6, 6.07) is 7.96. The molecule has 1 aliphatic carbocycles. The Kier molecular flexibility index (Phi) is 3.62. The fourth-order valence-corrected chi connectivity index (χ4v) is 4.00. The SMILES string of the molecule is COc1cccc(-c2noc3c2CN(c2ncnc4c2CCC4)CC3)c1. The summed E-state index contributed by atoms with van der Waals surface area (Å²) >= 11 is 0. The molecule has 2 aliphatic rings. The lowest BCUT2D eigenvalue weighted by molar-refractivity contribution is 0.378. The maximum absolute atomic E-state index is 5.64. The summed E-state index contributed by atoms with van der Waals surface area (Å²) in [4.78, 5) is 11.4. The van der Waals surface area contributed by atoms with Crippen LogP contribution in [0, 0.1) is 0 Å². The molecule has 1 aromatic carbocycles. The first-order chi connectivity index (χ1) is 12.8. The van der Waals surface area contributed by atoms with Crippen LogP contribution >= 0.6 is 0 Å². The second kappa shape index (κ2) is 6.12. The van der Waals surface area contributed by atoms with Crippen LogP contribution in [0.2, 0.25) is 0 Å². The molecule has 2 aromatic heterocycles. The predicted molar refractivity (Wildman–Crippen MR) is 97.3 cm³/mol. The van der Waals surface area contributed by atoms with Crippen molar-refractivity contribution in [2.24, 2.45) is 0 Å². The molecule has 0 N–H and O–H groups in total. The monoisotopic (exact) mass is 348 g/mol. The van der Waals surface area contributed by atoms with Gasteiger partial charge in [0.05, 0.1) is 13.7 Å². The summed E-state index contributed by atoms with van der Waals surface area (Å²) in [6.07, 6.45) is 5.84. The first kappa shape index (κ1) is 15.4. The molecule has 0 unspecified atom stereocenters. The fraction of sp³-hybridized carbons (Fsp3) is 0.350. The van der Waals surface area contributed by atoms with Gasteiger partial charge in [-0.1, -0.05) is 17.3 Å². The van der Waals surface area contributed by atoms with Crippen molar-refractivity contribution in [3.63, 3.8) is 0 Å². The quantitative estimate of drug-likeness (QED) is 0.724. The molecule has 5 rings (SSSR count). The molecule has 0 spiro atoms. The van der Waals surface area contributed by atoms with E-state index in [1.54, 1.807) is 13.4 Å². The van der Waals surface area contributed by atoms with Gasteiger partial charge in [0.15, 0.2) is 0 Å². The van der Waals surface area contributed by atoms with Crippen LogP contribution in [0.3, 0.4) is 0 Å². The zero-order valence-corrected chi connectivity index (χ0v) is 14.7. The highest BCUT2D eigenvalue weighted by Gasteiger charge is 2.28. The molecule has 0 atom stereocenters. The third kappa shape index (κ3) is 2.44. The topological polar surface area (TPSA) is 64.3 Å². The standard InChI is InChI=1S/C20H20N4O2/c1-25-14-5-2-4-13(10-14)19-16-11-24(9-8-18(16)26-23-19)20-15-6-3-7-17(15)21-12-22-20/h2,4-5,10,12H,3,6-9,11H2,1H3. The van der Waals surface area contributed by atoms with Gasteiger partial charge in [-0.2, -0.15) is 0 Å². The number of ether oxygens (including phenoxy) is 1. The van der Waals surface area contributed by atoms with Gasteiger partial charge >= 0.3 is 0 Å². The van der Waals surface area contributed by atoms with E-state index in [-0.39, 0.29) is 0 Å². The van der Waals surface area contributed by atoms with E-state index in [2.05, 4.69) is 20.0 Å². The van der Waals surface area contributed by atoms with Gasteiger partial charge in [0.2, 0.25) is 0 Å². The van der Waals surface area contributed by atoms with E-state index in [0.29, 0.717) is 0 Å². The van der Waals surface area contributed by atoms with Crippen molar-refractivity contribution >= 4 is 5.82 Å². The number of methoxy groups -OCH3 is 1. The summed E-state index contributed by atoms with van der Waals surface area (Å²) in [5.41, 5.74) is 5.59. The van der Waals surface area contributed by atoms with E-state index in [0.717, 1.165) is 66.5 Å². The lowest BCUT2D eigenvalue weighted by Crippen LogP contribution is -2.31. The zero-order valence-electron chi connectivity index (χ0n) is 14.7. The second-order valence-electron chi connectivity index (χ2n) is 6.81. The molecule has 1 aliphatic heterocycles. The second-order valence-corrected chi connectivity index (χ2v) is 6.81. The lowest BCUT2D eigenvalue weighted by Gasteiger charge is -2.28. The highest BCUT2D eigenvalue weighted by Crippen LogP contribution is 2.35. The summed E-state index contributed by atoms with van der Waals surface area (Å²) < 4.78 is 11.0. The maximum Gasteiger partial charge on any atom is 0.144 e. The average molecular weight is 348 g/mol. The largest absolute Gasteiger partial charge is 0.497 e. The molecule has 0 amide bonds. The van der Waals surface area contributed by atoms with E-state index in [1.165, 1.54) is 17.7 Å². The highest BCUT2D eigenvalue weighted by atomic mass is 16.5. The van der Waals surface area contributed by atoms with Gasteiger partial charge in [-0.05, 0) is 31.4 Å². The number of fused-ring (bicyclic) bond motifs is 2. The van der Waals surface area contributed by atoms with Gasteiger partial charge in [0.25, 0.3) is 0 Å². The molecule has 0 fully saturated rings. The smallest absolute Gasteiger partial charge is 0.144 e. The summed E-state index contributed by atoms with van der Waals surface area (Å²) in [7, 11) is 1.68. The van der Waals surface area contributed by atoms with E-state index >= 15 is 0 Å². The third-order valence-corrected chi connectivity index (χ3v) is 5.32. The van der Waals surface area contributed by atoms with Crippen molar-refractivity contribution in [3.05, 3.63) is 53.2 Å². The first-order valence-electron chi connectivity index (χ1n) is 9.03. The van der Waals surface area contributed by atoms with Crippen molar-refractivity contribution in [2.75, 3.05) is 18.6 Å². The Balaban J connectivity index is 1.51. The summed E-state index contributed by atoms with van der Waals surface area (Å²) in [5, 5.41) is 4.35. The van der Waals surface area contributed by atoms with Gasteiger partial charge in [-0.25, -0.2) is 9.97 Å². The average Bonchev–Trinajstić information content (AvgIpc) is 3.34. The van der Waals surface area contributed by atoms with Crippen molar-refractivity contribution in [1.82, 2.24) is 15.1 Å². The van der Waals surface area contributed by atoms with E-state index in [1.807, 2.05) is 24.3 Å². The molecule has 3 aromatic rings. The predicted octanol–water partition coefficient (Wildman–Crippen LogP) is 3.19. The Morgan fingerprint density at radius 2 is 2.08 bits per heavy atom. The van der Waals surface area contributed by atoms with Crippen LogP contribution in [-0.4, -0.2) is 28.8 Å². The molecule has 0 saturated heterocycles. The van der Waals surface area contributed by atoms with Gasteiger partial charge in [-0.3, -0.25) is 0 Å². The van der Waals surface area contributed by atoms with Crippen LogP contribution in [-0.2, 0) is 25.8 Å². The first-order valence-corrected chi connectivity index (χ1v) is 9.03. The normalized spacial score (nSPS) is 15.7. The Morgan fingerprint density at radius 1 is 1.12 bits per heavy atom. The molecule has 6 nitrogen and oxygen atoms in total. The minimum absolute atomic E-state index is 0.759. The van der Waals surface area contributed by atoms with Gasteiger partial charge < -0.3 is 14.2 Å². The number of nitrogens with zero attached hydrogens (tertiary/aromatic N) is 4. The highest BCUT2D eigenvalue weighted by molar-refractivity contribution is 5.66. The molecule has 6 heteroatoms. The van der Waals surface area contributed by atoms with Crippen LogP contribution in [0.15, 0.2) is 35.1 Å². The fourth-order valence-electron chi connectivity index (χ4n) is 4.00. The minimum Gasteiger partial charge on any atom is -0.497 e. The van der Waals surface area contributed by atoms with Crippen LogP contribution < -0.4 is 9.64 Å². The lowest BCUT2D eigenvalue weighted by atomic mass is 10.0. The zero-order chi connectivity index (χ0) is 17.5. The van der Waals surface area contributed by atoms with Crippen LogP contribution in [0.4, 0.5) is 5.82 Å². The number of hydrogen-bond donors (Lipinski definition) is 0. The molecule has 26 heavy (non-hydrogen) atoms. The molecule has 0 radical (unpaired) electrons. The minimum atomic E-state index is 0.759. The van der Waals surface area contributed by atoms with E-state index in [9.17, 15) is 0 Å². The Hall–Kier alpha value is -2.89. The molecule has 0 bridgehead atoms. The summed E-state index contributed by atoms with van der Waals surface area (Å²) in [6.45, 7) is 1.65. The number of rotatable bonds is 3. The Labute approximate surface area is 151 Å². The van der Waals surface area contributed by atoms with Crippen molar-refractivity contribution in [2.45, 2.75) is 32.2 Å². The van der Waals surface area contributed by atoms with Crippen molar-refractivity contribution in [1.29, 1.82) is 0 Å². The molecular formula is C20H20N4O2. The van der Waals surface area contributed by atoms with E-state index < -0.39 is 0 Å². The van der Waals surface area contributed by atoms with Crippen LogP contribution in [0.25, 0.3) is 11.3 Å². The number of benzene rings is 1. The van der Waals surface area contributed by atoms with Crippen LogP contribution in [0.1, 0.15) is 29.0 Å². The molecule has 3 heterocycles. The van der Waals surface area contributed by atoms with Gasteiger partial charge in [0, 0.05) is 35.3 Å².